The van der Waals surface area contributed by atoms with Gasteiger partial charge < -0.3 is 9.47 Å². The number of imide groups is 1. The number of carbonyl (C=O) groups is 4. The van der Waals surface area contributed by atoms with E-state index in [1.54, 1.807) is 67.8 Å². The van der Waals surface area contributed by atoms with Gasteiger partial charge in [0.2, 0.25) is 0 Å². The maximum absolute atomic E-state index is 12.9. The number of ketones is 1. The maximum Gasteiger partial charge on any atom is 0.337 e. The van der Waals surface area contributed by atoms with Crippen LogP contribution in [0.1, 0.15) is 37.4 Å². The summed E-state index contributed by atoms with van der Waals surface area (Å²) in [6.45, 7) is 0.107. The summed E-state index contributed by atoms with van der Waals surface area (Å²) in [6, 6.07) is 20.7. The molecular weight excluding hydrogens is 490 g/mol. The van der Waals surface area contributed by atoms with Crippen LogP contribution in [-0.4, -0.2) is 42.0 Å². The number of methoxy groups -OCH3 is 2. The van der Waals surface area contributed by atoms with E-state index in [1.807, 2.05) is 24.3 Å². The molecule has 0 saturated carbocycles. The number of amides is 2. The Morgan fingerprint density at radius 3 is 2.08 bits per heavy atom. The van der Waals surface area contributed by atoms with Gasteiger partial charge in [0.15, 0.2) is 5.78 Å². The van der Waals surface area contributed by atoms with E-state index in [1.165, 1.54) is 18.1 Å². The largest absolute Gasteiger partial charge is 0.497 e. The Balaban J connectivity index is 1.39. The monoisotopic (exact) mass is 513 g/mol. The lowest BCUT2D eigenvalue weighted by molar-refractivity contribution is -0.123. The van der Waals surface area contributed by atoms with E-state index in [2.05, 4.69) is 4.74 Å². The molecule has 0 aromatic heterocycles. The molecule has 7 nitrogen and oxygen atoms in total. The van der Waals surface area contributed by atoms with Gasteiger partial charge in [-0.05, 0) is 77.0 Å². The lowest BCUT2D eigenvalue weighted by Crippen LogP contribution is -2.27. The smallest absolute Gasteiger partial charge is 0.337 e. The molecule has 8 heteroatoms. The number of hydrogen-bond acceptors (Lipinski definition) is 7. The van der Waals surface area contributed by atoms with E-state index in [0.29, 0.717) is 21.8 Å². The Kier molecular flexibility index (Phi) is 8.00. The summed E-state index contributed by atoms with van der Waals surface area (Å²) >= 11 is 0.883. The highest BCUT2D eigenvalue weighted by molar-refractivity contribution is 8.18. The van der Waals surface area contributed by atoms with Crippen molar-refractivity contribution < 1.29 is 28.7 Å². The Labute approximate surface area is 218 Å². The first-order valence-electron chi connectivity index (χ1n) is 11.3. The molecule has 1 heterocycles. The van der Waals surface area contributed by atoms with Crippen molar-refractivity contribution >= 4 is 46.8 Å². The summed E-state index contributed by atoms with van der Waals surface area (Å²) in [7, 11) is 2.87. The fraction of sp³-hybridized carbons (Fsp3) is 0.103. The highest BCUT2D eigenvalue weighted by Gasteiger charge is 2.35. The predicted octanol–water partition coefficient (Wildman–Crippen LogP) is 5.61. The van der Waals surface area contributed by atoms with Gasteiger partial charge in [-0.3, -0.25) is 19.3 Å². The lowest BCUT2D eigenvalue weighted by atomic mass is 10.1. The quantitative estimate of drug-likeness (QED) is 0.220. The molecule has 0 atom stereocenters. The number of thioether (sulfide) groups is 1. The Morgan fingerprint density at radius 2 is 1.46 bits per heavy atom. The first kappa shape index (κ1) is 25.7. The van der Waals surface area contributed by atoms with Gasteiger partial charge in [-0.15, -0.1) is 0 Å². The molecule has 1 aliphatic heterocycles. The van der Waals surface area contributed by atoms with Gasteiger partial charge in [-0.2, -0.15) is 0 Å². The summed E-state index contributed by atoms with van der Waals surface area (Å²) in [4.78, 5) is 50.8. The van der Waals surface area contributed by atoms with Crippen molar-refractivity contribution in [1.82, 2.24) is 4.90 Å². The van der Waals surface area contributed by atoms with Crippen LogP contribution in [0, 0.1) is 0 Å². The van der Waals surface area contributed by atoms with Gasteiger partial charge in [0.05, 0.1) is 31.2 Å². The van der Waals surface area contributed by atoms with Gasteiger partial charge >= 0.3 is 5.97 Å². The molecule has 0 N–H and O–H groups in total. The minimum absolute atomic E-state index is 0.107. The number of rotatable bonds is 8. The highest BCUT2D eigenvalue weighted by Crippen LogP contribution is 2.33. The number of ether oxygens (including phenoxy) is 2. The van der Waals surface area contributed by atoms with Crippen LogP contribution in [0.4, 0.5) is 4.79 Å². The Bertz CT molecular complexity index is 1390. The van der Waals surface area contributed by atoms with E-state index in [-0.39, 0.29) is 23.5 Å². The first-order chi connectivity index (χ1) is 17.9. The van der Waals surface area contributed by atoms with E-state index in [0.717, 1.165) is 28.5 Å². The van der Waals surface area contributed by atoms with Gasteiger partial charge in [-0.1, -0.05) is 42.5 Å². The fourth-order valence-corrected chi connectivity index (χ4v) is 4.40. The molecule has 0 unspecified atom stereocenters. The van der Waals surface area contributed by atoms with Crippen LogP contribution in [-0.2, 0) is 16.1 Å². The van der Waals surface area contributed by atoms with E-state index < -0.39 is 5.97 Å². The minimum atomic E-state index is -0.453. The van der Waals surface area contributed by atoms with E-state index in [9.17, 15) is 19.2 Å². The van der Waals surface area contributed by atoms with Gasteiger partial charge in [0.25, 0.3) is 11.1 Å². The zero-order valence-corrected chi connectivity index (χ0v) is 21.0. The van der Waals surface area contributed by atoms with E-state index >= 15 is 0 Å². The second-order valence-corrected chi connectivity index (χ2v) is 9.04. The second-order valence-electron chi connectivity index (χ2n) is 8.05. The van der Waals surface area contributed by atoms with Crippen LogP contribution >= 0.6 is 11.8 Å². The summed E-state index contributed by atoms with van der Waals surface area (Å²) in [6.07, 6.45) is 4.89. The molecular formula is C29H23NO6S. The molecule has 0 bridgehead atoms. The third-order valence-electron chi connectivity index (χ3n) is 5.63. The molecule has 186 valence electrons. The number of benzene rings is 3. The van der Waals surface area contributed by atoms with Gasteiger partial charge in [0.1, 0.15) is 5.75 Å². The number of nitrogens with zero attached hydrogens (tertiary/aromatic N) is 1. The Hall–Kier alpha value is -4.43. The summed E-state index contributed by atoms with van der Waals surface area (Å²) < 4.78 is 9.78. The molecule has 37 heavy (non-hydrogen) atoms. The molecule has 3 aromatic carbocycles. The number of hydrogen-bond donors (Lipinski definition) is 0. The summed E-state index contributed by atoms with van der Waals surface area (Å²) in [5, 5.41) is -0.357. The SMILES string of the molecule is COC(=O)c1ccc(CN2C(=O)S/C(=C\c3ccc(/C=C/C(=O)c4ccc(OC)cc4)cc3)C2=O)cc1. The van der Waals surface area contributed by atoms with E-state index in [4.69, 9.17) is 4.74 Å². The van der Waals surface area contributed by atoms with Gasteiger partial charge in [-0.25, -0.2) is 4.79 Å². The second kappa shape index (κ2) is 11.5. The molecule has 0 radical (unpaired) electrons. The molecule has 4 rings (SSSR count). The third kappa shape index (κ3) is 6.23. The summed E-state index contributed by atoms with van der Waals surface area (Å²) in [5.74, 6) is -0.268. The first-order valence-corrected chi connectivity index (χ1v) is 12.1. The predicted molar refractivity (Wildman–Crippen MR) is 142 cm³/mol. The zero-order chi connectivity index (χ0) is 26.4. The molecule has 2 amide bonds. The third-order valence-corrected chi connectivity index (χ3v) is 6.53. The molecule has 1 fully saturated rings. The van der Waals surface area contributed by atoms with Crippen LogP contribution in [0.25, 0.3) is 12.2 Å². The molecule has 0 aliphatic carbocycles. The maximum atomic E-state index is 12.9. The molecule has 3 aromatic rings. The average molecular weight is 514 g/mol. The minimum Gasteiger partial charge on any atom is -0.497 e. The lowest BCUT2D eigenvalue weighted by Gasteiger charge is -2.12. The standard InChI is InChI=1S/C29H23NO6S/c1-35-24-14-12-22(13-15-24)25(31)16-9-19-3-5-20(6-4-19)17-26-27(32)30(29(34)37-26)18-21-7-10-23(11-8-21)28(33)36-2/h3-17H,18H2,1-2H3/b16-9+,26-17-. The fourth-order valence-electron chi connectivity index (χ4n) is 3.56. The van der Waals surface area contributed by atoms with Crippen molar-refractivity contribution in [3.8, 4) is 5.75 Å². The number of esters is 1. The van der Waals surface area contributed by atoms with Crippen molar-refractivity contribution in [3.63, 3.8) is 0 Å². The average Bonchev–Trinajstić information content (AvgIpc) is 3.19. The van der Waals surface area contributed by atoms with Crippen LogP contribution < -0.4 is 4.74 Å². The number of allylic oxidation sites excluding steroid dienone is 1. The van der Waals surface area contributed by atoms with Crippen molar-refractivity contribution in [3.05, 3.63) is 112 Å². The van der Waals surface area contributed by atoms with Gasteiger partial charge in [0, 0.05) is 5.56 Å². The zero-order valence-electron chi connectivity index (χ0n) is 20.2. The van der Waals surface area contributed by atoms with Crippen molar-refractivity contribution in [2.75, 3.05) is 14.2 Å². The molecule has 0 spiro atoms. The van der Waals surface area contributed by atoms with Crippen LogP contribution in [0.5, 0.6) is 5.75 Å². The normalized spacial score (nSPS) is 14.4. The highest BCUT2D eigenvalue weighted by atomic mass is 32.2. The van der Waals surface area contributed by atoms with Crippen LogP contribution in [0.15, 0.2) is 83.8 Å². The van der Waals surface area contributed by atoms with Crippen molar-refractivity contribution in [1.29, 1.82) is 0 Å². The summed E-state index contributed by atoms with van der Waals surface area (Å²) in [5.41, 5.74) is 3.25. The number of carbonyl (C=O) groups excluding carboxylic acids is 4. The van der Waals surface area contributed by atoms with Crippen LogP contribution in [0.2, 0.25) is 0 Å². The molecule has 1 aliphatic rings. The van der Waals surface area contributed by atoms with Crippen LogP contribution in [0.3, 0.4) is 0 Å². The Morgan fingerprint density at radius 1 is 0.838 bits per heavy atom. The van der Waals surface area contributed by atoms with Crippen molar-refractivity contribution in [2.45, 2.75) is 6.54 Å². The van der Waals surface area contributed by atoms with Crippen molar-refractivity contribution in [2.24, 2.45) is 0 Å². The topological polar surface area (TPSA) is 90.0 Å². The molecule has 1 saturated heterocycles.